The predicted octanol–water partition coefficient (Wildman–Crippen LogP) is 1.94. The van der Waals surface area contributed by atoms with E-state index in [1.54, 1.807) is 30.3 Å². The van der Waals surface area contributed by atoms with E-state index in [2.05, 4.69) is 20.8 Å². The molecule has 0 aliphatic carbocycles. The molecule has 1 N–H and O–H groups in total. The zero-order chi connectivity index (χ0) is 18.5. The summed E-state index contributed by atoms with van der Waals surface area (Å²) in [5.41, 5.74) is 1.62. The van der Waals surface area contributed by atoms with Gasteiger partial charge in [-0.15, -0.1) is 5.10 Å². The minimum atomic E-state index is -0.350. The number of amides is 1. The molecular weight excluding hydrogens is 338 g/mol. The summed E-state index contributed by atoms with van der Waals surface area (Å²) in [4.78, 5) is 12.7. The minimum absolute atomic E-state index is 0.293. The lowest BCUT2D eigenvalue weighted by Gasteiger charge is -2.15. The highest BCUT2D eigenvalue weighted by Crippen LogP contribution is 2.39. The van der Waals surface area contributed by atoms with Crippen LogP contribution in [0.4, 0.5) is 5.69 Å². The number of nitrogens with one attached hydrogen (secondary N) is 1. The molecular formula is C17H17N5O4. The van der Waals surface area contributed by atoms with Crippen molar-refractivity contribution in [3.8, 4) is 22.9 Å². The monoisotopic (exact) mass is 355 g/mol. The SMILES string of the molecule is COc1ccc(C(=O)Nc2cccc(-n3cnnn3)c2)c(OC)c1OC. The Kier molecular flexibility index (Phi) is 4.97. The van der Waals surface area contributed by atoms with Gasteiger partial charge < -0.3 is 19.5 Å². The lowest BCUT2D eigenvalue weighted by molar-refractivity contribution is 0.102. The van der Waals surface area contributed by atoms with Gasteiger partial charge in [-0.25, -0.2) is 4.68 Å². The number of anilines is 1. The van der Waals surface area contributed by atoms with Gasteiger partial charge in [-0.05, 0) is 40.8 Å². The van der Waals surface area contributed by atoms with Gasteiger partial charge in [0.05, 0.1) is 32.6 Å². The van der Waals surface area contributed by atoms with E-state index in [0.717, 1.165) is 0 Å². The quantitative estimate of drug-likeness (QED) is 0.721. The largest absolute Gasteiger partial charge is 0.493 e. The van der Waals surface area contributed by atoms with Crippen LogP contribution in [0.15, 0.2) is 42.7 Å². The number of carbonyl (C=O) groups is 1. The average Bonchev–Trinajstić information content (AvgIpc) is 3.21. The molecule has 2 aromatic carbocycles. The topological polar surface area (TPSA) is 100 Å². The first-order valence-corrected chi connectivity index (χ1v) is 7.61. The molecule has 0 unspecified atom stereocenters. The number of aromatic nitrogens is 4. The third-order valence-corrected chi connectivity index (χ3v) is 3.67. The first-order valence-electron chi connectivity index (χ1n) is 7.61. The van der Waals surface area contributed by atoms with Crippen LogP contribution < -0.4 is 19.5 Å². The van der Waals surface area contributed by atoms with Crippen molar-refractivity contribution in [2.45, 2.75) is 0 Å². The van der Waals surface area contributed by atoms with Crippen LogP contribution in [0.25, 0.3) is 5.69 Å². The van der Waals surface area contributed by atoms with Crippen molar-refractivity contribution in [2.24, 2.45) is 0 Å². The average molecular weight is 355 g/mol. The van der Waals surface area contributed by atoms with Crippen LogP contribution in [0.5, 0.6) is 17.2 Å². The van der Waals surface area contributed by atoms with E-state index in [9.17, 15) is 4.79 Å². The van der Waals surface area contributed by atoms with Crippen molar-refractivity contribution in [3.63, 3.8) is 0 Å². The fourth-order valence-electron chi connectivity index (χ4n) is 2.48. The standard InChI is InChI=1S/C17H17N5O4/c1-24-14-8-7-13(15(25-2)16(14)26-3)17(23)19-11-5-4-6-12(9-11)22-10-18-20-21-22/h4-10H,1-3H3,(H,19,23). The maximum atomic E-state index is 12.7. The van der Waals surface area contributed by atoms with Gasteiger partial charge in [-0.1, -0.05) is 6.07 Å². The summed E-state index contributed by atoms with van der Waals surface area (Å²) in [6.45, 7) is 0. The van der Waals surface area contributed by atoms with Crippen LogP contribution in [-0.2, 0) is 0 Å². The molecule has 0 atom stereocenters. The van der Waals surface area contributed by atoms with Crippen LogP contribution in [0.1, 0.15) is 10.4 Å². The summed E-state index contributed by atoms with van der Waals surface area (Å²) in [7, 11) is 4.46. The Morgan fingerprint density at radius 1 is 1.04 bits per heavy atom. The highest BCUT2D eigenvalue weighted by Gasteiger charge is 2.20. The lowest BCUT2D eigenvalue weighted by atomic mass is 10.1. The Bertz CT molecular complexity index is 912. The number of hydrogen-bond donors (Lipinski definition) is 1. The molecule has 9 nitrogen and oxygen atoms in total. The Labute approximate surface area is 149 Å². The molecule has 1 heterocycles. The normalized spacial score (nSPS) is 10.3. The van der Waals surface area contributed by atoms with E-state index < -0.39 is 0 Å². The van der Waals surface area contributed by atoms with E-state index in [1.165, 1.54) is 32.3 Å². The fraction of sp³-hybridized carbons (Fsp3) is 0.176. The van der Waals surface area contributed by atoms with E-state index in [4.69, 9.17) is 14.2 Å². The zero-order valence-electron chi connectivity index (χ0n) is 14.5. The Hall–Kier alpha value is -3.62. The van der Waals surface area contributed by atoms with Crippen molar-refractivity contribution in [1.29, 1.82) is 0 Å². The summed E-state index contributed by atoms with van der Waals surface area (Å²) in [5, 5.41) is 13.8. The first kappa shape index (κ1) is 17.2. The van der Waals surface area contributed by atoms with Crippen molar-refractivity contribution < 1.29 is 19.0 Å². The predicted molar refractivity (Wildman–Crippen MR) is 93.2 cm³/mol. The number of tetrazole rings is 1. The molecule has 9 heteroatoms. The van der Waals surface area contributed by atoms with Gasteiger partial charge in [-0.3, -0.25) is 4.79 Å². The van der Waals surface area contributed by atoms with Crippen LogP contribution in [0.3, 0.4) is 0 Å². The van der Waals surface area contributed by atoms with E-state index in [1.807, 2.05) is 6.07 Å². The van der Waals surface area contributed by atoms with Crippen LogP contribution in [-0.4, -0.2) is 47.4 Å². The van der Waals surface area contributed by atoms with Gasteiger partial charge in [0.15, 0.2) is 11.5 Å². The Morgan fingerprint density at radius 2 is 1.85 bits per heavy atom. The van der Waals surface area contributed by atoms with Gasteiger partial charge in [0.1, 0.15) is 6.33 Å². The molecule has 0 fully saturated rings. The minimum Gasteiger partial charge on any atom is -0.493 e. The molecule has 0 radical (unpaired) electrons. The summed E-state index contributed by atoms with van der Waals surface area (Å²) in [6, 6.07) is 10.4. The molecule has 0 saturated heterocycles. The molecule has 0 saturated carbocycles. The first-order chi connectivity index (χ1) is 12.7. The third kappa shape index (κ3) is 3.27. The van der Waals surface area contributed by atoms with Crippen molar-refractivity contribution in [1.82, 2.24) is 20.2 Å². The molecule has 0 aliphatic heterocycles. The highest BCUT2D eigenvalue weighted by atomic mass is 16.5. The molecule has 0 spiro atoms. The molecule has 1 amide bonds. The van der Waals surface area contributed by atoms with Gasteiger partial charge in [0.25, 0.3) is 5.91 Å². The smallest absolute Gasteiger partial charge is 0.259 e. The highest BCUT2D eigenvalue weighted by molar-refractivity contribution is 6.07. The fourth-order valence-corrected chi connectivity index (χ4v) is 2.48. The zero-order valence-corrected chi connectivity index (χ0v) is 14.5. The summed E-state index contributed by atoms with van der Waals surface area (Å²) in [6.07, 6.45) is 1.47. The second-order valence-electron chi connectivity index (χ2n) is 5.14. The molecule has 3 aromatic rings. The number of nitrogens with zero attached hydrogens (tertiary/aromatic N) is 4. The molecule has 0 bridgehead atoms. The van der Waals surface area contributed by atoms with Crippen molar-refractivity contribution in [2.75, 3.05) is 26.6 Å². The maximum absolute atomic E-state index is 12.7. The van der Waals surface area contributed by atoms with Crippen LogP contribution in [0.2, 0.25) is 0 Å². The summed E-state index contributed by atoms with van der Waals surface area (Å²) in [5.74, 6) is 0.768. The van der Waals surface area contributed by atoms with Gasteiger partial charge in [-0.2, -0.15) is 0 Å². The van der Waals surface area contributed by atoms with Crippen molar-refractivity contribution in [3.05, 3.63) is 48.3 Å². The molecule has 1 aromatic heterocycles. The molecule has 0 aliphatic rings. The van der Waals surface area contributed by atoms with Gasteiger partial charge in [0, 0.05) is 5.69 Å². The molecule has 134 valence electrons. The van der Waals surface area contributed by atoms with Crippen LogP contribution >= 0.6 is 0 Å². The van der Waals surface area contributed by atoms with E-state index >= 15 is 0 Å². The third-order valence-electron chi connectivity index (χ3n) is 3.67. The number of hydrogen-bond acceptors (Lipinski definition) is 7. The maximum Gasteiger partial charge on any atom is 0.259 e. The van der Waals surface area contributed by atoms with Gasteiger partial charge >= 0.3 is 0 Å². The Morgan fingerprint density at radius 3 is 2.50 bits per heavy atom. The number of methoxy groups -OCH3 is 3. The lowest BCUT2D eigenvalue weighted by Crippen LogP contribution is -2.14. The second kappa shape index (κ2) is 7.51. The van der Waals surface area contributed by atoms with E-state index in [-0.39, 0.29) is 5.91 Å². The van der Waals surface area contributed by atoms with Gasteiger partial charge in [0.2, 0.25) is 5.75 Å². The summed E-state index contributed by atoms with van der Waals surface area (Å²) >= 11 is 0. The number of carbonyl (C=O) groups excluding carboxylic acids is 1. The molecule has 26 heavy (non-hydrogen) atoms. The Balaban J connectivity index is 1.90. The van der Waals surface area contributed by atoms with Crippen molar-refractivity contribution >= 4 is 11.6 Å². The van der Waals surface area contributed by atoms with Crippen LogP contribution in [0, 0.1) is 0 Å². The number of ether oxygens (including phenoxy) is 3. The van der Waals surface area contributed by atoms with E-state index in [0.29, 0.717) is 34.2 Å². The number of rotatable bonds is 6. The summed E-state index contributed by atoms with van der Waals surface area (Å²) < 4.78 is 17.4. The molecule has 3 rings (SSSR count). The second-order valence-corrected chi connectivity index (χ2v) is 5.14. The number of benzene rings is 2.